The second-order valence-corrected chi connectivity index (χ2v) is 6.11. The molecule has 0 spiro atoms. The molecule has 0 aliphatic carbocycles. The number of carbonyl (C=O) groups excluding carboxylic acids is 3. The highest BCUT2D eigenvalue weighted by Gasteiger charge is 2.16. The van der Waals surface area contributed by atoms with Gasteiger partial charge in [-0.25, -0.2) is 0 Å². The summed E-state index contributed by atoms with van der Waals surface area (Å²) in [4.78, 5) is 35.7. The molecule has 2 aromatic carbocycles. The van der Waals surface area contributed by atoms with E-state index in [4.69, 9.17) is 14.2 Å². The molecule has 0 saturated carbocycles. The zero-order valence-corrected chi connectivity index (χ0v) is 16.6. The number of carbonyl (C=O) groups is 3. The van der Waals surface area contributed by atoms with E-state index in [0.29, 0.717) is 17.1 Å². The van der Waals surface area contributed by atoms with Crippen LogP contribution in [0.5, 0.6) is 11.5 Å². The van der Waals surface area contributed by atoms with E-state index < -0.39 is 30.4 Å². The highest BCUT2D eigenvalue weighted by Crippen LogP contribution is 2.29. The summed E-state index contributed by atoms with van der Waals surface area (Å²) >= 11 is 0. The summed E-state index contributed by atoms with van der Waals surface area (Å²) in [6.07, 6.45) is 0. The Hall–Kier alpha value is -3.55. The minimum Gasteiger partial charge on any atom is -0.497 e. The van der Waals surface area contributed by atoms with Gasteiger partial charge in [0.25, 0.3) is 11.8 Å². The van der Waals surface area contributed by atoms with Crippen LogP contribution >= 0.6 is 0 Å². The first-order chi connectivity index (χ1) is 13.9. The van der Waals surface area contributed by atoms with Crippen molar-refractivity contribution >= 4 is 17.8 Å². The smallest absolute Gasteiger partial charge is 0.325 e. The summed E-state index contributed by atoms with van der Waals surface area (Å²) < 4.78 is 15.4. The number of hydrogen-bond acceptors (Lipinski definition) is 6. The molecule has 154 valence electrons. The largest absolute Gasteiger partial charge is 0.497 e. The van der Waals surface area contributed by atoms with Gasteiger partial charge < -0.3 is 24.8 Å². The van der Waals surface area contributed by atoms with Crippen molar-refractivity contribution in [3.8, 4) is 11.5 Å². The highest BCUT2D eigenvalue weighted by molar-refractivity contribution is 5.96. The van der Waals surface area contributed by atoms with Gasteiger partial charge in [0, 0.05) is 11.1 Å². The lowest BCUT2D eigenvalue weighted by molar-refractivity contribution is -0.147. The first-order valence-electron chi connectivity index (χ1n) is 8.94. The Labute approximate surface area is 169 Å². The standard InChI is InChI=1S/C21H24N2O6/c1-14(17-11-16(27-2)9-10-18(17)28-3)23-19(24)13-29-20(25)12-22-21(26)15-7-5-4-6-8-15/h4-11,14H,12-13H2,1-3H3,(H,22,26)(H,23,24)/t14-/m0/s1. The molecule has 8 heteroatoms. The predicted molar refractivity (Wildman–Crippen MR) is 106 cm³/mol. The van der Waals surface area contributed by atoms with Crippen molar-refractivity contribution in [3.05, 3.63) is 59.7 Å². The normalized spacial score (nSPS) is 11.1. The molecule has 0 bridgehead atoms. The molecule has 2 rings (SSSR count). The van der Waals surface area contributed by atoms with Crippen molar-refractivity contribution in [1.82, 2.24) is 10.6 Å². The zero-order chi connectivity index (χ0) is 21.2. The summed E-state index contributed by atoms with van der Waals surface area (Å²) in [5.74, 6) is -0.367. The Kier molecular flexibility index (Phi) is 8.02. The van der Waals surface area contributed by atoms with Crippen LogP contribution in [0.15, 0.2) is 48.5 Å². The molecule has 2 N–H and O–H groups in total. The van der Waals surface area contributed by atoms with Crippen molar-refractivity contribution in [2.45, 2.75) is 13.0 Å². The Morgan fingerprint density at radius 3 is 2.38 bits per heavy atom. The maximum atomic E-state index is 12.1. The number of rotatable bonds is 9. The van der Waals surface area contributed by atoms with E-state index in [2.05, 4.69) is 10.6 Å². The second kappa shape index (κ2) is 10.7. The van der Waals surface area contributed by atoms with Gasteiger partial charge in [-0.1, -0.05) is 18.2 Å². The average Bonchev–Trinajstić information content (AvgIpc) is 2.75. The first-order valence-corrected chi connectivity index (χ1v) is 8.94. The molecule has 0 saturated heterocycles. The van der Waals surface area contributed by atoms with Crippen LogP contribution in [0.1, 0.15) is 28.9 Å². The summed E-state index contributed by atoms with van der Waals surface area (Å²) in [5, 5.41) is 5.17. The van der Waals surface area contributed by atoms with E-state index >= 15 is 0 Å². The fourth-order valence-electron chi connectivity index (χ4n) is 2.58. The molecule has 2 amide bonds. The summed E-state index contributed by atoms with van der Waals surface area (Å²) in [5.41, 5.74) is 1.15. The SMILES string of the molecule is COc1ccc(OC)c([C@H](C)NC(=O)COC(=O)CNC(=O)c2ccccc2)c1. The van der Waals surface area contributed by atoms with E-state index in [9.17, 15) is 14.4 Å². The minimum atomic E-state index is -0.712. The summed E-state index contributed by atoms with van der Waals surface area (Å²) in [6, 6.07) is 13.3. The van der Waals surface area contributed by atoms with Crippen LogP contribution in [0.4, 0.5) is 0 Å². The number of benzene rings is 2. The van der Waals surface area contributed by atoms with E-state index in [1.807, 2.05) is 0 Å². The molecular weight excluding hydrogens is 376 g/mol. The topological polar surface area (TPSA) is 103 Å². The number of esters is 1. The predicted octanol–water partition coefficient (Wildman–Crippen LogP) is 1.85. The number of nitrogens with one attached hydrogen (secondary N) is 2. The van der Waals surface area contributed by atoms with E-state index in [1.165, 1.54) is 7.11 Å². The van der Waals surface area contributed by atoms with Gasteiger partial charge in [-0.15, -0.1) is 0 Å². The van der Waals surface area contributed by atoms with Gasteiger partial charge in [0.15, 0.2) is 6.61 Å². The lowest BCUT2D eigenvalue weighted by Gasteiger charge is -2.18. The molecule has 0 aliphatic rings. The van der Waals surface area contributed by atoms with Crippen molar-refractivity contribution in [2.75, 3.05) is 27.4 Å². The Morgan fingerprint density at radius 2 is 1.72 bits per heavy atom. The molecule has 0 aliphatic heterocycles. The van der Waals surface area contributed by atoms with Crippen LogP contribution in [0.3, 0.4) is 0 Å². The fourth-order valence-corrected chi connectivity index (χ4v) is 2.58. The Balaban J connectivity index is 1.80. The van der Waals surface area contributed by atoms with Gasteiger partial charge >= 0.3 is 5.97 Å². The molecule has 0 radical (unpaired) electrons. The second-order valence-electron chi connectivity index (χ2n) is 6.11. The monoisotopic (exact) mass is 400 g/mol. The van der Waals surface area contributed by atoms with Crippen LogP contribution in [0.2, 0.25) is 0 Å². The summed E-state index contributed by atoms with van der Waals surface area (Å²) in [7, 11) is 3.08. The quantitative estimate of drug-likeness (QED) is 0.623. The third kappa shape index (κ3) is 6.53. The molecule has 0 fully saturated rings. The van der Waals surface area contributed by atoms with Gasteiger partial charge in [0.05, 0.1) is 20.3 Å². The third-order valence-electron chi connectivity index (χ3n) is 4.07. The minimum absolute atomic E-state index is 0.333. The van der Waals surface area contributed by atoms with Crippen molar-refractivity contribution in [2.24, 2.45) is 0 Å². The third-order valence-corrected chi connectivity index (χ3v) is 4.07. The van der Waals surface area contributed by atoms with Crippen molar-refractivity contribution in [3.63, 3.8) is 0 Å². The van der Waals surface area contributed by atoms with Crippen LogP contribution < -0.4 is 20.1 Å². The Morgan fingerprint density at radius 1 is 1.00 bits per heavy atom. The molecule has 0 heterocycles. The maximum absolute atomic E-state index is 12.1. The molecule has 2 aromatic rings. The number of hydrogen-bond donors (Lipinski definition) is 2. The Bertz CT molecular complexity index is 854. The zero-order valence-electron chi connectivity index (χ0n) is 16.6. The first kappa shape index (κ1) is 21.7. The number of amides is 2. The van der Waals surface area contributed by atoms with Gasteiger partial charge in [-0.3, -0.25) is 14.4 Å². The van der Waals surface area contributed by atoms with Gasteiger partial charge in [-0.05, 0) is 37.3 Å². The van der Waals surface area contributed by atoms with Gasteiger partial charge in [0.2, 0.25) is 0 Å². The van der Waals surface area contributed by atoms with Gasteiger partial charge in [-0.2, -0.15) is 0 Å². The lowest BCUT2D eigenvalue weighted by Crippen LogP contribution is -2.34. The molecule has 1 atom stereocenters. The maximum Gasteiger partial charge on any atom is 0.325 e. The number of methoxy groups -OCH3 is 2. The van der Waals surface area contributed by atoms with Crippen LogP contribution in [0.25, 0.3) is 0 Å². The van der Waals surface area contributed by atoms with Crippen LogP contribution in [-0.4, -0.2) is 45.2 Å². The van der Waals surface area contributed by atoms with E-state index in [0.717, 1.165) is 5.56 Å². The fraction of sp³-hybridized carbons (Fsp3) is 0.286. The van der Waals surface area contributed by atoms with Crippen LogP contribution in [-0.2, 0) is 14.3 Å². The van der Waals surface area contributed by atoms with E-state index in [1.54, 1.807) is 62.6 Å². The lowest BCUT2D eigenvalue weighted by atomic mass is 10.1. The molecule has 0 unspecified atom stereocenters. The molecular formula is C21H24N2O6. The van der Waals surface area contributed by atoms with E-state index in [-0.39, 0.29) is 6.54 Å². The molecule has 0 aromatic heterocycles. The molecule has 29 heavy (non-hydrogen) atoms. The van der Waals surface area contributed by atoms with Crippen molar-refractivity contribution < 1.29 is 28.6 Å². The van der Waals surface area contributed by atoms with Crippen LogP contribution in [0, 0.1) is 0 Å². The number of ether oxygens (including phenoxy) is 3. The van der Waals surface area contributed by atoms with Crippen molar-refractivity contribution in [1.29, 1.82) is 0 Å². The highest BCUT2D eigenvalue weighted by atomic mass is 16.5. The average molecular weight is 400 g/mol. The summed E-state index contributed by atoms with van der Waals surface area (Å²) in [6.45, 7) is 0.980. The molecule has 8 nitrogen and oxygen atoms in total. The van der Waals surface area contributed by atoms with Gasteiger partial charge in [0.1, 0.15) is 18.0 Å².